The summed E-state index contributed by atoms with van der Waals surface area (Å²) >= 11 is 6.04. The lowest BCUT2D eigenvalue weighted by atomic mass is 9.69. The molecule has 0 heterocycles. The standard InChI is InChI=1S/C17H24ClN/c1-11-9-13(18)5-6-14(11)19-15-10-12-7-8-17(15,4)16(12,2)3/h5-6,9,12,15,19H,7-8,10H2,1-4H3. The van der Waals surface area contributed by atoms with Crippen LogP contribution in [-0.2, 0) is 0 Å². The quantitative estimate of drug-likeness (QED) is 0.776. The van der Waals surface area contributed by atoms with Crippen LogP contribution < -0.4 is 5.32 Å². The molecule has 3 atom stereocenters. The molecule has 1 nitrogen and oxygen atoms in total. The molecule has 0 amide bonds. The minimum Gasteiger partial charge on any atom is -0.382 e. The molecule has 2 aliphatic carbocycles. The van der Waals surface area contributed by atoms with Crippen LogP contribution in [0.25, 0.3) is 0 Å². The molecule has 2 heteroatoms. The van der Waals surface area contributed by atoms with Gasteiger partial charge < -0.3 is 5.32 Å². The van der Waals surface area contributed by atoms with Crippen LogP contribution in [0.1, 0.15) is 45.6 Å². The largest absolute Gasteiger partial charge is 0.382 e. The van der Waals surface area contributed by atoms with Gasteiger partial charge in [0.1, 0.15) is 0 Å². The van der Waals surface area contributed by atoms with Crippen LogP contribution >= 0.6 is 11.6 Å². The number of aryl methyl sites for hydroxylation is 1. The zero-order chi connectivity index (χ0) is 13.8. The molecular weight excluding hydrogens is 254 g/mol. The third kappa shape index (κ3) is 1.81. The Kier molecular flexibility index (Phi) is 2.91. The van der Waals surface area contributed by atoms with E-state index in [1.54, 1.807) is 0 Å². The van der Waals surface area contributed by atoms with E-state index < -0.39 is 0 Å². The molecule has 0 saturated heterocycles. The van der Waals surface area contributed by atoms with Crippen LogP contribution in [0, 0.1) is 23.7 Å². The minimum atomic E-state index is 0.420. The lowest BCUT2D eigenvalue weighted by Crippen LogP contribution is -2.40. The average molecular weight is 278 g/mol. The molecule has 104 valence electrons. The number of nitrogens with one attached hydrogen (secondary N) is 1. The SMILES string of the molecule is Cc1cc(Cl)ccc1NC1CC2CCC1(C)C2(C)C. The first-order chi connectivity index (χ1) is 8.84. The van der Waals surface area contributed by atoms with Crippen molar-refractivity contribution in [2.45, 2.75) is 53.0 Å². The van der Waals surface area contributed by atoms with Gasteiger partial charge in [-0.05, 0) is 66.7 Å². The van der Waals surface area contributed by atoms with Gasteiger partial charge in [0.25, 0.3) is 0 Å². The molecule has 2 saturated carbocycles. The normalized spacial score (nSPS) is 35.6. The number of hydrogen-bond acceptors (Lipinski definition) is 1. The second kappa shape index (κ2) is 4.15. The van der Waals surface area contributed by atoms with Gasteiger partial charge in [0.15, 0.2) is 0 Å². The Morgan fingerprint density at radius 1 is 1.26 bits per heavy atom. The summed E-state index contributed by atoms with van der Waals surface area (Å²) in [5.41, 5.74) is 3.38. The van der Waals surface area contributed by atoms with E-state index in [2.05, 4.69) is 39.1 Å². The lowest BCUT2D eigenvalue weighted by molar-refractivity contribution is 0.142. The van der Waals surface area contributed by atoms with E-state index in [4.69, 9.17) is 11.6 Å². The van der Waals surface area contributed by atoms with Crippen molar-refractivity contribution in [2.24, 2.45) is 16.7 Å². The van der Waals surface area contributed by atoms with E-state index >= 15 is 0 Å². The van der Waals surface area contributed by atoms with Crippen LogP contribution in [0.4, 0.5) is 5.69 Å². The van der Waals surface area contributed by atoms with E-state index in [0.29, 0.717) is 16.9 Å². The third-order valence-corrected chi connectivity index (χ3v) is 6.55. The summed E-state index contributed by atoms with van der Waals surface area (Å²) in [5, 5.41) is 4.63. The van der Waals surface area contributed by atoms with Crippen molar-refractivity contribution in [2.75, 3.05) is 5.32 Å². The van der Waals surface area contributed by atoms with Gasteiger partial charge in [-0.2, -0.15) is 0 Å². The molecule has 0 aliphatic heterocycles. The highest BCUT2D eigenvalue weighted by Crippen LogP contribution is 2.65. The Bertz CT molecular complexity index is 508. The van der Waals surface area contributed by atoms with Gasteiger partial charge in [0.2, 0.25) is 0 Å². The first-order valence-electron chi connectivity index (χ1n) is 7.37. The van der Waals surface area contributed by atoms with Crippen LogP contribution in [-0.4, -0.2) is 6.04 Å². The zero-order valence-electron chi connectivity index (χ0n) is 12.4. The highest BCUT2D eigenvalue weighted by Gasteiger charge is 2.61. The van der Waals surface area contributed by atoms with Crippen molar-refractivity contribution in [3.05, 3.63) is 28.8 Å². The zero-order valence-corrected chi connectivity index (χ0v) is 13.1. The summed E-state index contributed by atoms with van der Waals surface area (Å²) < 4.78 is 0. The number of anilines is 1. The van der Waals surface area contributed by atoms with Gasteiger partial charge in [-0.3, -0.25) is 0 Å². The number of fused-ring (bicyclic) bond motifs is 2. The molecule has 0 aromatic heterocycles. The Balaban J connectivity index is 1.86. The van der Waals surface area contributed by atoms with Crippen molar-refractivity contribution >= 4 is 17.3 Å². The van der Waals surface area contributed by atoms with Gasteiger partial charge in [-0.1, -0.05) is 32.4 Å². The van der Waals surface area contributed by atoms with Gasteiger partial charge >= 0.3 is 0 Å². The summed E-state index contributed by atoms with van der Waals surface area (Å²) in [7, 11) is 0. The molecule has 0 spiro atoms. The second-order valence-electron chi connectivity index (χ2n) is 7.27. The summed E-state index contributed by atoms with van der Waals surface area (Å²) in [6.07, 6.45) is 4.07. The van der Waals surface area contributed by atoms with Crippen LogP contribution in [0.5, 0.6) is 0 Å². The van der Waals surface area contributed by atoms with Crippen molar-refractivity contribution in [1.82, 2.24) is 0 Å². The van der Waals surface area contributed by atoms with Gasteiger partial charge in [-0.25, -0.2) is 0 Å². The molecule has 2 fully saturated rings. The predicted molar refractivity (Wildman–Crippen MR) is 82.8 cm³/mol. The Labute approximate surface area is 121 Å². The fourth-order valence-electron chi connectivity index (χ4n) is 4.40. The molecule has 3 unspecified atom stereocenters. The van der Waals surface area contributed by atoms with Crippen molar-refractivity contribution < 1.29 is 0 Å². The Hall–Kier alpha value is -0.690. The van der Waals surface area contributed by atoms with Crippen molar-refractivity contribution in [1.29, 1.82) is 0 Å². The van der Waals surface area contributed by atoms with Gasteiger partial charge in [-0.15, -0.1) is 0 Å². The van der Waals surface area contributed by atoms with E-state index in [0.717, 1.165) is 10.9 Å². The molecule has 1 N–H and O–H groups in total. The van der Waals surface area contributed by atoms with E-state index in [9.17, 15) is 0 Å². The highest BCUT2D eigenvalue weighted by atomic mass is 35.5. The lowest BCUT2D eigenvalue weighted by Gasteiger charge is -2.40. The van der Waals surface area contributed by atoms with Gasteiger partial charge in [0, 0.05) is 16.8 Å². The number of halogens is 1. The summed E-state index contributed by atoms with van der Waals surface area (Å²) in [4.78, 5) is 0. The fourth-order valence-corrected chi connectivity index (χ4v) is 4.63. The maximum Gasteiger partial charge on any atom is 0.0410 e. The van der Waals surface area contributed by atoms with Crippen molar-refractivity contribution in [3.63, 3.8) is 0 Å². The number of hydrogen-bond donors (Lipinski definition) is 1. The minimum absolute atomic E-state index is 0.420. The van der Waals surface area contributed by atoms with E-state index in [-0.39, 0.29) is 0 Å². The second-order valence-corrected chi connectivity index (χ2v) is 7.70. The Morgan fingerprint density at radius 3 is 2.53 bits per heavy atom. The summed E-state index contributed by atoms with van der Waals surface area (Å²) in [5.74, 6) is 0.877. The van der Waals surface area contributed by atoms with E-state index in [1.165, 1.54) is 30.5 Å². The average Bonchev–Trinajstić information content (AvgIpc) is 2.65. The first kappa shape index (κ1) is 13.3. The molecule has 1 aromatic carbocycles. The maximum absolute atomic E-state index is 6.04. The maximum atomic E-state index is 6.04. The fraction of sp³-hybridized carbons (Fsp3) is 0.647. The molecule has 0 radical (unpaired) electrons. The van der Waals surface area contributed by atoms with Crippen LogP contribution in [0.3, 0.4) is 0 Å². The molecular formula is C17H24ClN. The third-order valence-electron chi connectivity index (χ3n) is 6.31. The molecule has 19 heavy (non-hydrogen) atoms. The smallest absolute Gasteiger partial charge is 0.0410 e. The first-order valence-corrected chi connectivity index (χ1v) is 7.75. The molecule has 2 bridgehead atoms. The van der Waals surface area contributed by atoms with Gasteiger partial charge in [0.05, 0.1) is 0 Å². The summed E-state index contributed by atoms with van der Waals surface area (Å²) in [6.45, 7) is 9.53. The summed E-state index contributed by atoms with van der Waals surface area (Å²) in [6, 6.07) is 6.75. The molecule has 2 aliphatic rings. The number of benzene rings is 1. The number of rotatable bonds is 2. The molecule has 1 aromatic rings. The van der Waals surface area contributed by atoms with E-state index in [1.807, 2.05) is 12.1 Å². The Morgan fingerprint density at radius 2 is 2.00 bits per heavy atom. The topological polar surface area (TPSA) is 12.0 Å². The van der Waals surface area contributed by atoms with Crippen LogP contribution in [0.15, 0.2) is 18.2 Å². The highest BCUT2D eigenvalue weighted by molar-refractivity contribution is 6.30. The van der Waals surface area contributed by atoms with Crippen molar-refractivity contribution in [3.8, 4) is 0 Å². The van der Waals surface area contributed by atoms with Crippen LogP contribution in [0.2, 0.25) is 5.02 Å². The predicted octanol–water partition coefficient (Wildman–Crippen LogP) is 5.28. The monoisotopic (exact) mass is 277 g/mol. The molecule has 3 rings (SSSR count).